The molecule has 0 bridgehead atoms. The Morgan fingerprint density at radius 1 is 1.31 bits per heavy atom. The number of ether oxygens (including phenoxy) is 1. The first kappa shape index (κ1) is 13.0. The second-order valence-corrected chi connectivity index (χ2v) is 4.40. The van der Waals surface area contributed by atoms with Crippen LogP contribution in [-0.2, 0) is 0 Å². The van der Waals surface area contributed by atoms with Gasteiger partial charge in [0.15, 0.2) is 11.6 Å². The van der Waals surface area contributed by atoms with Crippen LogP contribution >= 0.6 is 0 Å². The average Bonchev–Trinajstić information content (AvgIpc) is 2.19. The Morgan fingerprint density at radius 2 is 2.00 bits per heavy atom. The molecule has 0 aromatic heterocycles. The van der Waals surface area contributed by atoms with Gasteiger partial charge in [0.1, 0.15) is 0 Å². The predicted molar refractivity (Wildman–Crippen MR) is 62.0 cm³/mol. The fraction of sp³-hybridized carbons (Fsp3) is 0.538. The first-order valence-corrected chi connectivity index (χ1v) is 5.61. The second-order valence-electron chi connectivity index (χ2n) is 4.40. The summed E-state index contributed by atoms with van der Waals surface area (Å²) in [5.41, 5.74) is 0.564. The summed E-state index contributed by atoms with van der Waals surface area (Å²) >= 11 is 0. The van der Waals surface area contributed by atoms with E-state index in [1.54, 1.807) is 19.1 Å². The highest BCUT2D eigenvalue weighted by molar-refractivity contribution is 5.30. The maximum Gasteiger partial charge on any atom is 0.165 e. The van der Waals surface area contributed by atoms with Gasteiger partial charge in [0.2, 0.25) is 0 Å². The van der Waals surface area contributed by atoms with Crippen molar-refractivity contribution in [1.29, 1.82) is 0 Å². The SMILES string of the molecule is CC(C)CCOc1ccc([C@H](C)O)cc1F. The highest BCUT2D eigenvalue weighted by Crippen LogP contribution is 2.22. The molecule has 0 heterocycles. The molecule has 0 spiro atoms. The van der Waals surface area contributed by atoms with Gasteiger partial charge in [-0.15, -0.1) is 0 Å². The molecule has 1 N–H and O–H groups in total. The van der Waals surface area contributed by atoms with E-state index in [1.165, 1.54) is 6.07 Å². The van der Waals surface area contributed by atoms with Crippen LogP contribution in [0.4, 0.5) is 4.39 Å². The first-order valence-electron chi connectivity index (χ1n) is 5.61. The highest BCUT2D eigenvalue weighted by Gasteiger charge is 2.07. The van der Waals surface area contributed by atoms with Gasteiger partial charge >= 0.3 is 0 Å². The largest absolute Gasteiger partial charge is 0.491 e. The summed E-state index contributed by atoms with van der Waals surface area (Å²) in [5.74, 6) is 0.381. The van der Waals surface area contributed by atoms with E-state index in [0.29, 0.717) is 18.1 Å². The molecule has 0 aliphatic heterocycles. The van der Waals surface area contributed by atoms with Gasteiger partial charge in [-0.05, 0) is 37.0 Å². The maximum absolute atomic E-state index is 13.5. The van der Waals surface area contributed by atoms with Gasteiger partial charge in [-0.3, -0.25) is 0 Å². The van der Waals surface area contributed by atoms with Crippen LogP contribution < -0.4 is 4.74 Å². The normalized spacial score (nSPS) is 12.9. The molecule has 1 aromatic carbocycles. The standard InChI is InChI=1S/C13H19FO2/c1-9(2)6-7-16-13-5-4-11(10(3)15)8-12(13)14/h4-5,8-10,15H,6-7H2,1-3H3/t10-/m0/s1. The summed E-state index contributed by atoms with van der Waals surface area (Å²) in [7, 11) is 0. The smallest absolute Gasteiger partial charge is 0.165 e. The van der Waals surface area contributed by atoms with Crippen LogP contribution in [-0.4, -0.2) is 11.7 Å². The highest BCUT2D eigenvalue weighted by atomic mass is 19.1. The van der Waals surface area contributed by atoms with Crippen LogP contribution in [0, 0.1) is 11.7 Å². The summed E-state index contributed by atoms with van der Waals surface area (Å²) in [5, 5.41) is 9.28. The fourth-order valence-corrected chi connectivity index (χ4v) is 1.30. The molecule has 0 aliphatic carbocycles. The summed E-state index contributed by atoms with van der Waals surface area (Å²) < 4.78 is 18.8. The number of benzene rings is 1. The van der Waals surface area contributed by atoms with E-state index in [0.717, 1.165) is 6.42 Å². The van der Waals surface area contributed by atoms with Crippen LogP contribution in [0.15, 0.2) is 18.2 Å². The van der Waals surface area contributed by atoms with E-state index >= 15 is 0 Å². The van der Waals surface area contributed by atoms with Crippen LogP contribution in [0.5, 0.6) is 5.75 Å². The van der Waals surface area contributed by atoms with Gasteiger partial charge in [0.05, 0.1) is 12.7 Å². The van der Waals surface area contributed by atoms with Gasteiger partial charge in [-0.25, -0.2) is 4.39 Å². The lowest BCUT2D eigenvalue weighted by Crippen LogP contribution is -2.03. The van der Waals surface area contributed by atoms with Crippen molar-refractivity contribution >= 4 is 0 Å². The Bertz CT molecular complexity index is 335. The maximum atomic E-state index is 13.5. The molecule has 1 atom stereocenters. The molecule has 0 aliphatic rings. The Hall–Kier alpha value is -1.09. The zero-order valence-corrected chi connectivity index (χ0v) is 10.0. The minimum absolute atomic E-state index is 0.255. The van der Waals surface area contributed by atoms with Gasteiger partial charge in [-0.2, -0.15) is 0 Å². The number of halogens is 1. The van der Waals surface area contributed by atoms with Crippen LogP contribution in [0.25, 0.3) is 0 Å². The Labute approximate surface area is 96.1 Å². The molecule has 1 rings (SSSR count). The van der Waals surface area contributed by atoms with Crippen molar-refractivity contribution in [2.75, 3.05) is 6.61 Å². The van der Waals surface area contributed by atoms with E-state index in [1.807, 2.05) is 0 Å². The Kier molecular flexibility index (Phi) is 4.74. The summed E-state index contributed by atoms with van der Waals surface area (Å²) in [6, 6.07) is 4.56. The molecule has 0 radical (unpaired) electrons. The Balaban J connectivity index is 2.61. The third-order valence-electron chi connectivity index (χ3n) is 2.39. The molecule has 0 saturated carbocycles. The number of aliphatic hydroxyl groups excluding tert-OH is 1. The van der Waals surface area contributed by atoms with E-state index in [9.17, 15) is 9.50 Å². The van der Waals surface area contributed by atoms with Crippen molar-refractivity contribution in [3.05, 3.63) is 29.6 Å². The van der Waals surface area contributed by atoms with E-state index in [2.05, 4.69) is 13.8 Å². The minimum atomic E-state index is -0.654. The zero-order valence-electron chi connectivity index (χ0n) is 10.0. The lowest BCUT2D eigenvalue weighted by atomic mass is 10.1. The van der Waals surface area contributed by atoms with E-state index in [-0.39, 0.29) is 5.75 Å². The monoisotopic (exact) mass is 226 g/mol. The van der Waals surface area contributed by atoms with Crippen molar-refractivity contribution in [2.45, 2.75) is 33.3 Å². The first-order chi connectivity index (χ1) is 7.50. The van der Waals surface area contributed by atoms with Gasteiger partial charge in [0, 0.05) is 0 Å². The summed E-state index contributed by atoms with van der Waals surface area (Å²) in [6.45, 7) is 6.31. The van der Waals surface area contributed by atoms with E-state index in [4.69, 9.17) is 4.74 Å². The van der Waals surface area contributed by atoms with E-state index < -0.39 is 11.9 Å². The molecule has 16 heavy (non-hydrogen) atoms. The molecule has 0 amide bonds. The third-order valence-corrected chi connectivity index (χ3v) is 2.39. The minimum Gasteiger partial charge on any atom is -0.491 e. The van der Waals surface area contributed by atoms with Crippen molar-refractivity contribution in [1.82, 2.24) is 0 Å². The molecular formula is C13H19FO2. The number of aliphatic hydroxyl groups is 1. The quantitative estimate of drug-likeness (QED) is 0.834. The Morgan fingerprint density at radius 3 is 2.50 bits per heavy atom. The molecule has 3 heteroatoms. The summed E-state index contributed by atoms with van der Waals surface area (Å²) in [4.78, 5) is 0. The molecule has 1 aromatic rings. The molecule has 0 saturated heterocycles. The molecule has 90 valence electrons. The fourth-order valence-electron chi connectivity index (χ4n) is 1.30. The van der Waals surface area contributed by atoms with Crippen LogP contribution in [0.2, 0.25) is 0 Å². The summed E-state index contributed by atoms with van der Waals surface area (Å²) in [6.07, 6.45) is 0.247. The number of hydrogen-bond acceptors (Lipinski definition) is 2. The number of rotatable bonds is 5. The predicted octanol–water partition coefficient (Wildman–Crippen LogP) is 3.30. The van der Waals surface area contributed by atoms with Gasteiger partial charge in [-0.1, -0.05) is 19.9 Å². The lowest BCUT2D eigenvalue weighted by Gasteiger charge is -2.10. The molecule has 0 unspecified atom stereocenters. The van der Waals surface area contributed by atoms with Crippen molar-refractivity contribution in [2.24, 2.45) is 5.92 Å². The molecule has 2 nitrogen and oxygen atoms in total. The zero-order chi connectivity index (χ0) is 12.1. The average molecular weight is 226 g/mol. The van der Waals surface area contributed by atoms with Crippen molar-refractivity contribution in [3.8, 4) is 5.75 Å². The molecular weight excluding hydrogens is 207 g/mol. The topological polar surface area (TPSA) is 29.5 Å². The van der Waals surface area contributed by atoms with Gasteiger partial charge in [0.25, 0.3) is 0 Å². The second kappa shape index (κ2) is 5.85. The lowest BCUT2D eigenvalue weighted by molar-refractivity contribution is 0.198. The van der Waals surface area contributed by atoms with Crippen LogP contribution in [0.3, 0.4) is 0 Å². The van der Waals surface area contributed by atoms with Crippen molar-refractivity contribution < 1.29 is 14.2 Å². The van der Waals surface area contributed by atoms with Crippen molar-refractivity contribution in [3.63, 3.8) is 0 Å². The number of hydrogen-bond donors (Lipinski definition) is 1. The van der Waals surface area contributed by atoms with Gasteiger partial charge < -0.3 is 9.84 Å². The van der Waals surface area contributed by atoms with Crippen LogP contribution in [0.1, 0.15) is 38.9 Å². The molecule has 0 fully saturated rings. The third kappa shape index (κ3) is 3.81.